The lowest BCUT2D eigenvalue weighted by atomic mass is 9.67. The third-order valence-electron chi connectivity index (χ3n) is 6.03. The Balaban J connectivity index is 1.81. The summed E-state index contributed by atoms with van der Waals surface area (Å²) in [5.41, 5.74) is 0.949. The quantitative estimate of drug-likeness (QED) is 0.367. The van der Waals surface area contributed by atoms with Gasteiger partial charge in [-0.2, -0.15) is 0 Å². The summed E-state index contributed by atoms with van der Waals surface area (Å²) < 4.78 is 11.3. The van der Waals surface area contributed by atoms with Crippen LogP contribution in [0.5, 0.6) is 0 Å². The number of ether oxygens (including phenoxy) is 1. The monoisotopic (exact) mass is 419 g/mol. The zero-order valence-electron chi connectivity index (χ0n) is 15.9. The Hall–Kier alpha value is -2.72. The summed E-state index contributed by atoms with van der Waals surface area (Å²) in [4.78, 5) is 42.9. The van der Waals surface area contributed by atoms with E-state index in [9.17, 15) is 14.4 Å². The number of hydrogen-bond acceptors (Lipinski definition) is 8. The number of aryl methyl sites for hydroxylation is 1. The third-order valence-corrected chi connectivity index (χ3v) is 6.86. The van der Waals surface area contributed by atoms with Crippen LogP contribution in [0.2, 0.25) is 0 Å². The van der Waals surface area contributed by atoms with Gasteiger partial charge in [-0.3, -0.25) is 20.2 Å². The highest BCUT2D eigenvalue weighted by molar-refractivity contribution is 6.34. The van der Waals surface area contributed by atoms with Gasteiger partial charge in [0.15, 0.2) is 16.0 Å². The van der Waals surface area contributed by atoms with Gasteiger partial charge in [-0.15, -0.1) is 0 Å². The summed E-state index contributed by atoms with van der Waals surface area (Å²) in [6.07, 6.45) is -1.03. The maximum absolute atomic E-state index is 13.2. The second kappa shape index (κ2) is 5.67. The lowest BCUT2D eigenvalue weighted by Crippen LogP contribution is -2.80. The fraction of sp³-hybridized carbons (Fsp3) is 0.500. The Morgan fingerprint density at radius 1 is 1.24 bits per heavy atom. The van der Waals surface area contributed by atoms with Crippen molar-refractivity contribution in [2.24, 2.45) is 5.41 Å². The minimum Gasteiger partial charge on any atom is -0.370 e. The van der Waals surface area contributed by atoms with Crippen LogP contribution >= 0.6 is 11.6 Å². The molecule has 3 unspecified atom stereocenters. The molecule has 3 aliphatic rings. The highest BCUT2D eigenvalue weighted by atomic mass is 35.5. The Labute approximate surface area is 169 Å². The van der Waals surface area contributed by atoms with Gasteiger partial charge < -0.3 is 14.2 Å². The smallest absolute Gasteiger partial charge is 0.328 e. The van der Waals surface area contributed by atoms with E-state index in [0.29, 0.717) is 34.7 Å². The first-order valence-electron chi connectivity index (χ1n) is 9.23. The van der Waals surface area contributed by atoms with Crippen molar-refractivity contribution in [2.75, 3.05) is 11.4 Å². The van der Waals surface area contributed by atoms with Crippen molar-refractivity contribution >= 4 is 46.2 Å². The normalized spacial score (nSPS) is 30.8. The molecule has 0 aromatic carbocycles. The number of alkyl halides is 1. The Kier molecular flexibility index (Phi) is 3.58. The van der Waals surface area contributed by atoms with E-state index in [-0.39, 0.29) is 12.5 Å². The Bertz CT molecular complexity index is 1080. The number of halogens is 1. The number of pyridine rings is 1. The first-order chi connectivity index (χ1) is 13.7. The predicted molar refractivity (Wildman–Crippen MR) is 100 cm³/mol. The van der Waals surface area contributed by atoms with Crippen LogP contribution in [0.4, 0.5) is 10.5 Å². The largest absolute Gasteiger partial charge is 0.370 e. The standard InChI is InChI=1S/C18H18ClN5O5/c1-7-6-24-11-4-12-13(8(2)23-29-12)20-10(11)5-17(18(24,19)9(3)28-7)14(25)21-16(27)22-15(17)26/h4,7,9H,5-6H2,1-3H3,(H2,21,22,25,26,27). The minimum absolute atomic E-state index is 0.101. The molecule has 5 heterocycles. The second-order valence-corrected chi connectivity index (χ2v) is 8.34. The lowest BCUT2D eigenvalue weighted by molar-refractivity contribution is -0.157. The van der Waals surface area contributed by atoms with Gasteiger partial charge in [0.25, 0.3) is 0 Å². The van der Waals surface area contributed by atoms with Crippen molar-refractivity contribution in [3.63, 3.8) is 0 Å². The highest BCUT2D eigenvalue weighted by Gasteiger charge is 2.72. The number of urea groups is 1. The number of rotatable bonds is 0. The molecule has 0 radical (unpaired) electrons. The van der Waals surface area contributed by atoms with E-state index in [1.807, 2.05) is 6.92 Å². The molecule has 3 atom stereocenters. The molecular weight excluding hydrogens is 402 g/mol. The van der Waals surface area contributed by atoms with E-state index >= 15 is 0 Å². The van der Waals surface area contributed by atoms with E-state index < -0.39 is 34.4 Å². The fourth-order valence-corrected chi connectivity index (χ4v) is 5.18. The summed E-state index contributed by atoms with van der Waals surface area (Å²) >= 11 is 7.14. The zero-order chi connectivity index (χ0) is 20.7. The average molecular weight is 420 g/mol. The first-order valence-corrected chi connectivity index (χ1v) is 9.61. The fourth-order valence-electron chi connectivity index (χ4n) is 4.73. The van der Waals surface area contributed by atoms with E-state index in [4.69, 9.17) is 20.9 Å². The van der Waals surface area contributed by atoms with E-state index in [1.54, 1.807) is 24.8 Å². The minimum atomic E-state index is -1.82. The number of aromatic nitrogens is 2. The van der Waals surface area contributed by atoms with E-state index in [2.05, 4.69) is 20.8 Å². The van der Waals surface area contributed by atoms with Gasteiger partial charge in [0.05, 0.1) is 23.6 Å². The summed E-state index contributed by atoms with van der Waals surface area (Å²) in [6, 6.07) is 0.898. The summed E-state index contributed by atoms with van der Waals surface area (Å²) in [6.45, 7) is 5.66. The van der Waals surface area contributed by atoms with Crippen LogP contribution in [0.1, 0.15) is 25.2 Å². The second-order valence-electron chi connectivity index (χ2n) is 7.76. The molecule has 29 heavy (non-hydrogen) atoms. The molecule has 2 aromatic rings. The van der Waals surface area contributed by atoms with Crippen molar-refractivity contribution in [3.05, 3.63) is 17.5 Å². The maximum Gasteiger partial charge on any atom is 0.328 e. The van der Waals surface area contributed by atoms with Gasteiger partial charge in [0, 0.05) is 19.0 Å². The van der Waals surface area contributed by atoms with Gasteiger partial charge in [-0.05, 0) is 20.8 Å². The molecule has 1 spiro atoms. The summed E-state index contributed by atoms with van der Waals surface area (Å²) in [7, 11) is 0. The molecule has 11 heteroatoms. The number of fused-ring (bicyclic) bond motifs is 5. The zero-order valence-corrected chi connectivity index (χ0v) is 16.7. The number of imide groups is 2. The Morgan fingerprint density at radius 2 is 1.93 bits per heavy atom. The molecular formula is C18H18ClN5O5. The average Bonchev–Trinajstić information content (AvgIpc) is 3.00. The molecule has 5 rings (SSSR count). The van der Waals surface area contributed by atoms with Gasteiger partial charge in [-0.25, -0.2) is 9.78 Å². The van der Waals surface area contributed by atoms with Crippen molar-refractivity contribution in [2.45, 2.75) is 44.4 Å². The number of barbiturate groups is 1. The van der Waals surface area contributed by atoms with Gasteiger partial charge in [0.2, 0.25) is 11.8 Å². The first kappa shape index (κ1) is 18.3. The number of amides is 4. The predicted octanol–water partition coefficient (Wildman–Crippen LogP) is 0.988. The third kappa shape index (κ3) is 2.13. The summed E-state index contributed by atoms with van der Waals surface area (Å²) in [5, 5.41) is 8.34. The van der Waals surface area contributed by atoms with Crippen molar-refractivity contribution in [1.29, 1.82) is 0 Å². The van der Waals surface area contributed by atoms with Crippen LogP contribution < -0.4 is 15.5 Å². The van der Waals surface area contributed by atoms with Crippen molar-refractivity contribution < 1.29 is 23.6 Å². The topological polar surface area (TPSA) is 127 Å². The molecule has 0 aliphatic carbocycles. The molecule has 0 bridgehead atoms. The van der Waals surface area contributed by atoms with Crippen LogP contribution in [0.3, 0.4) is 0 Å². The van der Waals surface area contributed by atoms with Crippen molar-refractivity contribution in [1.82, 2.24) is 20.8 Å². The molecule has 152 valence electrons. The van der Waals surface area contributed by atoms with Crippen LogP contribution in [0, 0.1) is 12.3 Å². The van der Waals surface area contributed by atoms with Gasteiger partial charge >= 0.3 is 6.03 Å². The van der Waals surface area contributed by atoms with E-state index in [1.165, 1.54) is 0 Å². The number of anilines is 1. The number of nitrogens with zero attached hydrogens (tertiary/aromatic N) is 3. The van der Waals surface area contributed by atoms with Crippen molar-refractivity contribution in [3.8, 4) is 0 Å². The number of hydrogen-bond donors (Lipinski definition) is 2. The van der Waals surface area contributed by atoms with Gasteiger partial charge in [-0.1, -0.05) is 16.8 Å². The lowest BCUT2D eigenvalue weighted by Gasteiger charge is -2.60. The number of nitrogens with one attached hydrogen (secondary N) is 2. The molecule has 0 saturated carbocycles. The van der Waals surface area contributed by atoms with Crippen LogP contribution in [0.25, 0.3) is 11.1 Å². The summed E-state index contributed by atoms with van der Waals surface area (Å²) in [5.74, 6) is -1.54. The molecule has 10 nitrogen and oxygen atoms in total. The van der Waals surface area contributed by atoms with Gasteiger partial charge in [0.1, 0.15) is 11.2 Å². The highest BCUT2D eigenvalue weighted by Crippen LogP contribution is 2.55. The Morgan fingerprint density at radius 3 is 2.62 bits per heavy atom. The molecule has 2 fully saturated rings. The molecule has 4 amide bonds. The number of carbonyl (C=O) groups is 3. The molecule has 2 aromatic heterocycles. The molecule has 2 N–H and O–H groups in total. The van der Waals surface area contributed by atoms with E-state index in [0.717, 1.165) is 0 Å². The van der Waals surface area contributed by atoms with Crippen LogP contribution in [-0.4, -0.2) is 51.7 Å². The van der Waals surface area contributed by atoms with Crippen LogP contribution in [-0.2, 0) is 20.7 Å². The SMILES string of the molecule is Cc1noc2cc3c(nc12)CC1(C(=O)NC(=O)NC1=O)C1(Cl)C(C)OC(C)CN31. The maximum atomic E-state index is 13.2. The number of morpholine rings is 1. The molecule has 3 aliphatic heterocycles. The molecule has 2 saturated heterocycles. The number of carbonyl (C=O) groups excluding carboxylic acids is 3. The van der Waals surface area contributed by atoms with Crippen LogP contribution in [0.15, 0.2) is 10.6 Å².